The van der Waals surface area contributed by atoms with Crippen molar-refractivity contribution in [2.75, 3.05) is 20.3 Å². The van der Waals surface area contributed by atoms with Crippen LogP contribution in [0.4, 0.5) is 0 Å². The highest BCUT2D eigenvalue weighted by molar-refractivity contribution is 5.98. The van der Waals surface area contributed by atoms with Crippen molar-refractivity contribution in [3.05, 3.63) is 105 Å². The van der Waals surface area contributed by atoms with E-state index in [-0.39, 0.29) is 37.4 Å². The van der Waals surface area contributed by atoms with Crippen molar-refractivity contribution < 1.29 is 43.2 Å². The zero-order chi connectivity index (χ0) is 31.0. The molecule has 2 aromatic heterocycles. The van der Waals surface area contributed by atoms with Gasteiger partial charge in [-0.05, 0) is 42.0 Å². The molecule has 12 heteroatoms. The third-order valence-electron chi connectivity index (χ3n) is 7.92. The average molecular weight is 603 g/mol. The van der Waals surface area contributed by atoms with Gasteiger partial charge in [0.2, 0.25) is 5.91 Å². The normalized spacial score (nSPS) is 20.3. The smallest absolute Gasteiger partial charge is 0.349 e. The Morgan fingerprint density at radius 2 is 1.91 bits per heavy atom. The Hall–Kier alpha value is -4.91. The molecule has 2 aliphatic rings. The summed E-state index contributed by atoms with van der Waals surface area (Å²) in [7, 11) is 1.44. The Balaban J connectivity index is 1.48. The van der Waals surface area contributed by atoms with Gasteiger partial charge in [0.15, 0.2) is 11.5 Å². The Kier molecular flexibility index (Phi) is 7.95. The van der Waals surface area contributed by atoms with E-state index >= 15 is 0 Å². The van der Waals surface area contributed by atoms with Gasteiger partial charge in [0.05, 0.1) is 44.8 Å². The van der Waals surface area contributed by atoms with Crippen molar-refractivity contribution in [1.82, 2.24) is 10.2 Å². The number of aliphatic hydroxyl groups is 3. The number of benzene rings is 2. The van der Waals surface area contributed by atoms with Gasteiger partial charge >= 0.3 is 5.63 Å². The first-order valence-electron chi connectivity index (χ1n) is 14.0. The van der Waals surface area contributed by atoms with E-state index in [4.69, 9.17) is 18.3 Å². The zero-order valence-electron chi connectivity index (χ0n) is 23.6. The highest BCUT2D eigenvalue weighted by Gasteiger charge is 2.51. The number of hydrogen-bond donors (Lipinski definition) is 4. The van der Waals surface area contributed by atoms with Crippen molar-refractivity contribution in [1.29, 1.82) is 0 Å². The summed E-state index contributed by atoms with van der Waals surface area (Å²) in [6.45, 7) is -0.737. The molecule has 4 atom stereocenters. The van der Waals surface area contributed by atoms with E-state index in [0.717, 1.165) is 0 Å². The Labute approximate surface area is 250 Å². The summed E-state index contributed by atoms with van der Waals surface area (Å²) < 4.78 is 22.4. The molecule has 4 N–H and O–H groups in total. The lowest BCUT2D eigenvalue weighted by Gasteiger charge is -2.40. The van der Waals surface area contributed by atoms with Gasteiger partial charge in [-0.15, -0.1) is 0 Å². The quantitative estimate of drug-likeness (QED) is 0.207. The summed E-state index contributed by atoms with van der Waals surface area (Å²) in [6.07, 6.45) is 1.91. The maximum absolute atomic E-state index is 14.2. The van der Waals surface area contributed by atoms with Gasteiger partial charge < -0.3 is 43.8 Å². The third kappa shape index (κ3) is 5.12. The second kappa shape index (κ2) is 12.0. The number of furan rings is 1. The molecule has 6 rings (SSSR count). The lowest BCUT2D eigenvalue weighted by Crippen LogP contribution is -2.55. The van der Waals surface area contributed by atoms with E-state index in [1.807, 2.05) is 0 Å². The molecule has 0 fully saturated rings. The van der Waals surface area contributed by atoms with E-state index in [1.165, 1.54) is 36.7 Å². The minimum absolute atomic E-state index is 0.0374. The molecular formula is C32H30N2O10. The molecule has 0 bridgehead atoms. The molecule has 2 aromatic carbocycles. The number of rotatable bonds is 9. The topological polar surface area (TPSA) is 172 Å². The number of carbonyl (C=O) groups is 2. The minimum atomic E-state index is -1.38. The molecule has 228 valence electrons. The van der Waals surface area contributed by atoms with Gasteiger partial charge in [0, 0.05) is 35.2 Å². The largest absolute Gasteiger partial charge is 0.493 e. The fourth-order valence-corrected chi connectivity index (χ4v) is 5.88. The molecular weight excluding hydrogens is 572 g/mol. The van der Waals surface area contributed by atoms with Gasteiger partial charge in [-0.2, -0.15) is 0 Å². The highest BCUT2D eigenvalue weighted by atomic mass is 16.5. The maximum atomic E-state index is 14.2. The number of methoxy groups -OCH3 is 1. The predicted octanol–water partition coefficient (Wildman–Crippen LogP) is 1.85. The van der Waals surface area contributed by atoms with Crippen LogP contribution >= 0.6 is 0 Å². The Bertz CT molecular complexity index is 1790. The number of nitrogens with one attached hydrogen (secondary N) is 1. The minimum Gasteiger partial charge on any atom is -0.493 e. The van der Waals surface area contributed by atoms with E-state index in [1.54, 1.807) is 42.5 Å². The Morgan fingerprint density at radius 3 is 2.64 bits per heavy atom. The highest BCUT2D eigenvalue weighted by Crippen LogP contribution is 2.51. The number of carbonyl (C=O) groups excluding carboxylic acids is 2. The molecule has 0 radical (unpaired) electrons. The number of fused-ring (bicyclic) bond motifs is 4. The average Bonchev–Trinajstić information content (AvgIpc) is 3.70. The van der Waals surface area contributed by atoms with Crippen molar-refractivity contribution in [2.24, 2.45) is 0 Å². The lowest BCUT2D eigenvalue weighted by atomic mass is 9.77. The van der Waals surface area contributed by atoms with Gasteiger partial charge in [0.1, 0.15) is 23.4 Å². The summed E-state index contributed by atoms with van der Waals surface area (Å²) in [6, 6.07) is 12.0. The molecule has 0 spiro atoms. The first kappa shape index (κ1) is 29.2. The number of nitrogens with zero attached hydrogens (tertiary/aromatic N) is 1. The van der Waals surface area contributed by atoms with Crippen LogP contribution < -0.4 is 20.4 Å². The Morgan fingerprint density at radius 1 is 1.09 bits per heavy atom. The number of ether oxygens (including phenoxy) is 2. The van der Waals surface area contributed by atoms with Crippen LogP contribution in [0.3, 0.4) is 0 Å². The number of hydrogen-bond acceptors (Lipinski definition) is 10. The van der Waals surface area contributed by atoms with Crippen LogP contribution in [0, 0.1) is 0 Å². The number of amides is 2. The van der Waals surface area contributed by atoms with Gasteiger partial charge in [-0.3, -0.25) is 9.59 Å². The van der Waals surface area contributed by atoms with E-state index in [9.17, 15) is 29.7 Å². The predicted molar refractivity (Wildman–Crippen MR) is 155 cm³/mol. The van der Waals surface area contributed by atoms with Crippen LogP contribution in [0.15, 0.2) is 86.3 Å². The molecule has 3 heterocycles. The summed E-state index contributed by atoms with van der Waals surface area (Å²) in [5.41, 5.74) is 0.969. The van der Waals surface area contributed by atoms with Crippen molar-refractivity contribution in [3.8, 4) is 11.5 Å². The van der Waals surface area contributed by atoms with E-state index in [0.29, 0.717) is 39.2 Å². The van der Waals surface area contributed by atoms with Crippen LogP contribution in [-0.4, -0.2) is 70.5 Å². The van der Waals surface area contributed by atoms with Crippen LogP contribution in [0.1, 0.15) is 33.0 Å². The molecule has 0 saturated heterocycles. The number of aliphatic hydroxyl groups excluding tert-OH is 3. The van der Waals surface area contributed by atoms with E-state index in [2.05, 4.69) is 5.32 Å². The van der Waals surface area contributed by atoms with E-state index < -0.39 is 41.6 Å². The monoisotopic (exact) mass is 602 g/mol. The van der Waals surface area contributed by atoms with Gasteiger partial charge in [-0.1, -0.05) is 18.2 Å². The molecule has 44 heavy (non-hydrogen) atoms. The van der Waals surface area contributed by atoms with Crippen LogP contribution in [0.25, 0.3) is 11.0 Å². The molecule has 4 aromatic rings. The third-order valence-corrected chi connectivity index (χ3v) is 7.92. The molecule has 4 unspecified atom stereocenters. The fraction of sp³-hybridized carbons (Fsp3) is 0.281. The number of para-hydroxylation sites is 1. The lowest BCUT2D eigenvalue weighted by molar-refractivity contribution is -0.118. The summed E-state index contributed by atoms with van der Waals surface area (Å²) >= 11 is 0. The first-order chi connectivity index (χ1) is 21.3. The molecule has 1 aliphatic heterocycles. The zero-order valence-corrected chi connectivity index (χ0v) is 23.6. The van der Waals surface area contributed by atoms with Crippen molar-refractivity contribution in [2.45, 2.75) is 37.3 Å². The second-order valence-corrected chi connectivity index (χ2v) is 10.6. The maximum Gasteiger partial charge on any atom is 0.349 e. The molecule has 12 nitrogen and oxygen atoms in total. The summed E-state index contributed by atoms with van der Waals surface area (Å²) in [4.78, 5) is 42.1. The standard InChI is InChI=1S/C32H30N2O10/c1-41-25-11-18(15-36)10-20-26-21(30(38)33-7-8-35)13-23(27(37)29(26)44-28(20)25)34(14-17-6-9-42-16-17)31(39)22-12-19-4-2-3-5-24(19)43-32(22)40/h2-6,9-13,16,23,26-27,29,35-37H,7-8,14-15H2,1H3,(H,33,38). The summed E-state index contributed by atoms with van der Waals surface area (Å²) in [5.74, 6) is -1.48. The molecule has 2 amide bonds. The van der Waals surface area contributed by atoms with Crippen molar-refractivity contribution >= 4 is 22.8 Å². The molecule has 1 aliphatic carbocycles. The van der Waals surface area contributed by atoms with Gasteiger partial charge in [0.25, 0.3) is 5.91 Å². The van der Waals surface area contributed by atoms with Gasteiger partial charge in [-0.25, -0.2) is 4.79 Å². The molecule has 0 saturated carbocycles. The van der Waals surface area contributed by atoms with Crippen molar-refractivity contribution in [3.63, 3.8) is 0 Å². The first-order valence-corrected chi connectivity index (χ1v) is 14.0. The second-order valence-electron chi connectivity index (χ2n) is 10.6. The SMILES string of the molecule is COc1cc(CO)cc2c1OC1C2C(C(=O)NCCO)=CC(N(Cc2ccoc2)C(=O)c2cc3ccccc3oc2=O)C1O. The van der Waals surface area contributed by atoms with Crippen LogP contribution in [0.2, 0.25) is 0 Å². The van der Waals surface area contributed by atoms with Crippen LogP contribution in [-0.2, 0) is 17.9 Å². The van der Waals surface area contributed by atoms with Crippen LogP contribution in [0.5, 0.6) is 11.5 Å². The summed E-state index contributed by atoms with van der Waals surface area (Å²) in [5, 5.41) is 34.3. The fourth-order valence-electron chi connectivity index (χ4n) is 5.88.